The zero-order valence-corrected chi connectivity index (χ0v) is 17.5. The lowest BCUT2D eigenvalue weighted by molar-refractivity contribution is -0.141. The number of alkyl carbamates (subject to hydrolysis) is 1. The predicted molar refractivity (Wildman–Crippen MR) is 108 cm³/mol. The van der Waals surface area contributed by atoms with Crippen LogP contribution >= 0.6 is 0 Å². The maximum absolute atomic E-state index is 12.7. The van der Waals surface area contributed by atoms with Crippen LogP contribution in [0.3, 0.4) is 0 Å². The van der Waals surface area contributed by atoms with E-state index in [9.17, 15) is 9.59 Å². The number of ether oxygens (including phenoxy) is 1. The lowest BCUT2D eigenvalue weighted by atomic mass is 10.1. The second-order valence-electron chi connectivity index (χ2n) is 8.46. The molecule has 2 aromatic rings. The van der Waals surface area contributed by atoms with Crippen LogP contribution in [0.4, 0.5) is 9.59 Å². The molecule has 1 saturated heterocycles. The first-order valence-corrected chi connectivity index (χ1v) is 10.1. The molecule has 1 unspecified atom stereocenters. The molecule has 9 nitrogen and oxygen atoms in total. The monoisotopic (exact) mass is 413 g/mol. The summed E-state index contributed by atoms with van der Waals surface area (Å²) in [7, 11) is 0. The lowest BCUT2D eigenvalue weighted by Gasteiger charge is -2.23. The topological polar surface area (TPSA) is 88.9 Å². The Bertz CT molecular complexity index is 921. The second-order valence-corrected chi connectivity index (χ2v) is 8.46. The Morgan fingerprint density at radius 3 is 2.77 bits per heavy atom. The van der Waals surface area contributed by atoms with Crippen molar-refractivity contribution >= 4 is 12.1 Å². The SMILES string of the molecule is CC(C)(C)OC(=O)NCCn1ncc2c1CN1CC2N(OCc2ccccc2)C1=O. The largest absolute Gasteiger partial charge is 0.444 e. The molecule has 0 saturated carbocycles. The Kier molecular flexibility index (Phi) is 5.38. The van der Waals surface area contributed by atoms with Gasteiger partial charge in [0.1, 0.15) is 18.2 Å². The van der Waals surface area contributed by atoms with Crippen LogP contribution in [0.2, 0.25) is 0 Å². The van der Waals surface area contributed by atoms with Gasteiger partial charge in [-0.3, -0.25) is 9.52 Å². The summed E-state index contributed by atoms with van der Waals surface area (Å²) in [6.07, 6.45) is 1.34. The highest BCUT2D eigenvalue weighted by Crippen LogP contribution is 2.38. The highest BCUT2D eigenvalue weighted by atomic mass is 16.7. The molecule has 0 radical (unpaired) electrons. The average molecular weight is 413 g/mol. The van der Waals surface area contributed by atoms with Gasteiger partial charge in [0.15, 0.2) is 0 Å². The fraction of sp³-hybridized carbons (Fsp3) is 0.476. The minimum atomic E-state index is -0.537. The number of carbonyl (C=O) groups is 2. The molecule has 3 heterocycles. The summed E-state index contributed by atoms with van der Waals surface area (Å²) >= 11 is 0. The molecule has 30 heavy (non-hydrogen) atoms. The number of rotatable bonds is 6. The molecule has 1 atom stereocenters. The Morgan fingerprint density at radius 1 is 1.27 bits per heavy atom. The fourth-order valence-electron chi connectivity index (χ4n) is 3.68. The maximum atomic E-state index is 12.7. The van der Waals surface area contributed by atoms with Crippen LogP contribution in [0.5, 0.6) is 0 Å². The normalized spacial score (nSPS) is 17.8. The van der Waals surface area contributed by atoms with Crippen LogP contribution < -0.4 is 5.32 Å². The first kappa shape index (κ1) is 20.2. The first-order valence-electron chi connectivity index (χ1n) is 10.1. The predicted octanol–water partition coefficient (Wildman–Crippen LogP) is 2.83. The Hall–Kier alpha value is -3.07. The fourth-order valence-corrected chi connectivity index (χ4v) is 3.68. The van der Waals surface area contributed by atoms with Gasteiger partial charge in [-0.15, -0.1) is 0 Å². The summed E-state index contributed by atoms with van der Waals surface area (Å²) in [5.41, 5.74) is 2.43. The third-order valence-electron chi connectivity index (χ3n) is 5.02. The molecule has 2 aliphatic rings. The van der Waals surface area contributed by atoms with Gasteiger partial charge in [-0.1, -0.05) is 30.3 Å². The van der Waals surface area contributed by atoms with E-state index in [-0.39, 0.29) is 12.1 Å². The van der Waals surface area contributed by atoms with Gasteiger partial charge in [0, 0.05) is 12.1 Å². The number of benzene rings is 1. The minimum Gasteiger partial charge on any atom is -0.444 e. The van der Waals surface area contributed by atoms with Crippen LogP contribution in [0.25, 0.3) is 0 Å². The van der Waals surface area contributed by atoms with Crippen molar-refractivity contribution in [3.05, 3.63) is 53.3 Å². The van der Waals surface area contributed by atoms with E-state index in [1.807, 2.05) is 55.8 Å². The molecule has 2 aliphatic heterocycles. The van der Waals surface area contributed by atoms with E-state index in [1.165, 1.54) is 5.06 Å². The second kappa shape index (κ2) is 7.98. The van der Waals surface area contributed by atoms with Gasteiger partial charge >= 0.3 is 12.1 Å². The van der Waals surface area contributed by atoms with Crippen molar-refractivity contribution in [3.8, 4) is 0 Å². The maximum Gasteiger partial charge on any atom is 0.407 e. The molecule has 1 aromatic carbocycles. The third kappa shape index (κ3) is 4.25. The highest BCUT2D eigenvalue weighted by Gasteiger charge is 2.45. The van der Waals surface area contributed by atoms with Gasteiger partial charge in [0.25, 0.3) is 0 Å². The van der Waals surface area contributed by atoms with E-state index in [2.05, 4.69) is 10.4 Å². The Labute approximate surface area is 175 Å². The molecule has 1 aromatic heterocycles. The molecule has 0 spiro atoms. The minimum absolute atomic E-state index is 0.134. The van der Waals surface area contributed by atoms with Crippen LogP contribution in [-0.4, -0.2) is 50.6 Å². The number of urea groups is 1. The number of hydroxylamine groups is 2. The van der Waals surface area contributed by atoms with Crippen LogP contribution in [0.1, 0.15) is 43.6 Å². The van der Waals surface area contributed by atoms with E-state index in [1.54, 1.807) is 11.1 Å². The van der Waals surface area contributed by atoms with Gasteiger partial charge in [0.2, 0.25) is 0 Å². The summed E-state index contributed by atoms with van der Waals surface area (Å²) in [4.78, 5) is 32.2. The van der Waals surface area contributed by atoms with Crippen molar-refractivity contribution in [2.75, 3.05) is 13.1 Å². The quantitative estimate of drug-likeness (QED) is 0.787. The van der Waals surface area contributed by atoms with E-state index < -0.39 is 11.7 Å². The molecule has 9 heteroatoms. The average Bonchev–Trinajstić information content (AvgIpc) is 3.20. The Balaban J connectivity index is 1.39. The summed E-state index contributed by atoms with van der Waals surface area (Å²) in [6, 6.07) is 9.45. The standard InChI is InChI=1S/C21H27N5O4/c1-21(2,3)30-19(27)22-9-10-25-17-12-24-13-18(16(17)11-23-25)26(20(24)28)29-14-15-7-5-4-6-8-15/h4-8,11,18H,9-10,12-14H2,1-3H3,(H,22,27). The van der Waals surface area contributed by atoms with Crippen molar-refractivity contribution in [1.82, 2.24) is 25.1 Å². The zero-order chi connectivity index (χ0) is 21.3. The van der Waals surface area contributed by atoms with Crippen molar-refractivity contribution in [1.29, 1.82) is 0 Å². The van der Waals surface area contributed by atoms with Gasteiger partial charge in [-0.05, 0) is 26.3 Å². The number of fused-ring (bicyclic) bond motifs is 4. The van der Waals surface area contributed by atoms with Crippen LogP contribution in [0.15, 0.2) is 36.5 Å². The number of hydrogen-bond acceptors (Lipinski definition) is 5. The molecule has 4 rings (SSSR count). The van der Waals surface area contributed by atoms with E-state index in [4.69, 9.17) is 9.57 Å². The lowest BCUT2D eigenvalue weighted by Crippen LogP contribution is -2.35. The summed E-state index contributed by atoms with van der Waals surface area (Å²) in [5, 5.41) is 8.67. The molecule has 1 fully saturated rings. The summed E-state index contributed by atoms with van der Waals surface area (Å²) < 4.78 is 7.08. The first-order chi connectivity index (χ1) is 14.3. The number of nitrogens with zero attached hydrogens (tertiary/aromatic N) is 4. The third-order valence-corrected chi connectivity index (χ3v) is 5.02. The summed E-state index contributed by atoms with van der Waals surface area (Å²) in [5.74, 6) is 0. The number of amides is 3. The van der Waals surface area contributed by atoms with Crippen molar-refractivity contribution < 1.29 is 19.2 Å². The molecule has 2 bridgehead atoms. The molecule has 3 amide bonds. The number of nitrogens with one attached hydrogen (secondary N) is 1. The van der Waals surface area contributed by atoms with Crippen molar-refractivity contribution in [2.45, 2.75) is 52.1 Å². The molecule has 0 aliphatic carbocycles. The number of carbonyl (C=O) groups excluding carboxylic acids is 2. The van der Waals surface area contributed by atoms with E-state index in [0.29, 0.717) is 32.8 Å². The molecular formula is C21H27N5O4. The Morgan fingerprint density at radius 2 is 2.03 bits per heavy atom. The van der Waals surface area contributed by atoms with Gasteiger partial charge in [-0.2, -0.15) is 10.2 Å². The van der Waals surface area contributed by atoms with Crippen molar-refractivity contribution in [2.24, 2.45) is 0 Å². The van der Waals surface area contributed by atoms with E-state index >= 15 is 0 Å². The van der Waals surface area contributed by atoms with Crippen LogP contribution in [-0.2, 0) is 29.3 Å². The number of hydrogen-bond donors (Lipinski definition) is 1. The van der Waals surface area contributed by atoms with Gasteiger partial charge in [-0.25, -0.2) is 9.59 Å². The van der Waals surface area contributed by atoms with Gasteiger partial charge < -0.3 is 15.0 Å². The molecule has 160 valence electrons. The summed E-state index contributed by atoms with van der Waals surface area (Å²) in [6.45, 7) is 7.74. The van der Waals surface area contributed by atoms with E-state index in [0.717, 1.165) is 16.8 Å². The van der Waals surface area contributed by atoms with Crippen LogP contribution in [0, 0.1) is 0 Å². The smallest absolute Gasteiger partial charge is 0.407 e. The molecule has 1 N–H and O–H groups in total. The highest BCUT2D eigenvalue weighted by molar-refractivity contribution is 5.77. The zero-order valence-electron chi connectivity index (χ0n) is 17.5. The number of aromatic nitrogens is 2. The van der Waals surface area contributed by atoms with Crippen molar-refractivity contribution in [3.63, 3.8) is 0 Å². The molecular weight excluding hydrogens is 386 g/mol. The van der Waals surface area contributed by atoms with Gasteiger partial charge in [0.05, 0.1) is 31.5 Å².